The largest absolute Gasteiger partial charge is 0.496 e. The highest BCUT2D eigenvalue weighted by molar-refractivity contribution is 7.90. The van der Waals surface area contributed by atoms with Gasteiger partial charge in [0.2, 0.25) is 11.8 Å². The molecule has 0 fully saturated rings. The number of methoxy groups -OCH3 is 1. The number of para-hydroxylation sites is 1. The monoisotopic (exact) mass is 348 g/mol. The van der Waals surface area contributed by atoms with Gasteiger partial charge in [0.1, 0.15) is 5.75 Å². The van der Waals surface area contributed by atoms with E-state index in [0.717, 1.165) is 0 Å². The van der Waals surface area contributed by atoms with Crippen molar-refractivity contribution in [2.24, 2.45) is 5.73 Å². The second kappa shape index (κ2) is 7.14. The van der Waals surface area contributed by atoms with Crippen molar-refractivity contribution in [1.29, 1.82) is 0 Å². The van der Waals surface area contributed by atoms with Crippen molar-refractivity contribution in [2.75, 3.05) is 7.11 Å². The fourth-order valence-corrected chi connectivity index (χ4v) is 3.05. The number of rotatable bonds is 6. The third kappa shape index (κ3) is 4.11. The smallest absolute Gasteiger partial charge is 0.264 e. The van der Waals surface area contributed by atoms with Crippen molar-refractivity contribution >= 4 is 21.8 Å². The first-order valence-corrected chi connectivity index (χ1v) is 8.39. The summed E-state index contributed by atoms with van der Waals surface area (Å²) in [5, 5.41) is 0. The molecule has 8 heteroatoms. The Morgan fingerprint density at radius 2 is 1.71 bits per heavy atom. The lowest BCUT2D eigenvalue weighted by atomic mass is 10.1. The van der Waals surface area contributed by atoms with Crippen molar-refractivity contribution < 1.29 is 22.7 Å². The van der Waals surface area contributed by atoms with Gasteiger partial charge in [-0.3, -0.25) is 9.59 Å². The van der Waals surface area contributed by atoms with E-state index < -0.39 is 21.8 Å². The highest BCUT2D eigenvalue weighted by Crippen LogP contribution is 2.18. The van der Waals surface area contributed by atoms with E-state index in [4.69, 9.17) is 10.5 Å². The molecule has 0 unspecified atom stereocenters. The molecule has 3 N–H and O–H groups in total. The van der Waals surface area contributed by atoms with E-state index in [1.807, 2.05) is 4.72 Å². The van der Waals surface area contributed by atoms with E-state index in [-0.39, 0.29) is 16.9 Å². The quantitative estimate of drug-likeness (QED) is 0.802. The van der Waals surface area contributed by atoms with Crippen LogP contribution < -0.4 is 15.2 Å². The SMILES string of the molecule is COc1ccccc1CC(=O)NS(=O)(=O)c1ccc(C(N)=O)cc1. The molecule has 0 saturated heterocycles. The lowest BCUT2D eigenvalue weighted by molar-refractivity contribution is -0.118. The summed E-state index contributed by atoms with van der Waals surface area (Å²) in [4.78, 5) is 22.9. The standard InChI is InChI=1S/C16H16N2O5S/c1-23-14-5-3-2-4-12(14)10-15(19)18-24(21,22)13-8-6-11(7-9-13)16(17)20/h2-9H,10H2,1H3,(H2,17,20)(H,18,19). The van der Waals surface area contributed by atoms with Crippen LogP contribution in [0.5, 0.6) is 5.75 Å². The zero-order valence-electron chi connectivity index (χ0n) is 12.9. The Balaban J connectivity index is 2.13. The molecular weight excluding hydrogens is 332 g/mol. The van der Waals surface area contributed by atoms with E-state index >= 15 is 0 Å². The number of carbonyl (C=O) groups is 2. The Bertz CT molecular complexity index is 860. The van der Waals surface area contributed by atoms with Crippen LogP contribution in [0.15, 0.2) is 53.4 Å². The van der Waals surface area contributed by atoms with E-state index in [2.05, 4.69) is 0 Å². The Hall–Kier alpha value is -2.87. The molecule has 0 aliphatic heterocycles. The average Bonchev–Trinajstić information content (AvgIpc) is 2.54. The summed E-state index contributed by atoms with van der Waals surface area (Å²) < 4.78 is 31.5. The van der Waals surface area contributed by atoms with Crippen LogP contribution in [0.25, 0.3) is 0 Å². The van der Waals surface area contributed by atoms with Gasteiger partial charge in [0.25, 0.3) is 10.0 Å². The molecule has 7 nitrogen and oxygen atoms in total. The first kappa shape index (κ1) is 17.5. The number of hydrogen-bond donors (Lipinski definition) is 2. The minimum absolute atomic E-state index is 0.138. The lowest BCUT2D eigenvalue weighted by Gasteiger charge is -2.09. The molecule has 0 radical (unpaired) electrons. The minimum Gasteiger partial charge on any atom is -0.496 e. The molecule has 0 bridgehead atoms. The summed E-state index contributed by atoms with van der Waals surface area (Å²) in [6, 6.07) is 11.8. The predicted molar refractivity (Wildman–Crippen MR) is 87.0 cm³/mol. The maximum absolute atomic E-state index is 12.2. The van der Waals surface area contributed by atoms with Crippen LogP contribution in [0.1, 0.15) is 15.9 Å². The van der Waals surface area contributed by atoms with Crippen molar-refractivity contribution in [1.82, 2.24) is 4.72 Å². The maximum atomic E-state index is 12.2. The number of benzene rings is 2. The second-order valence-corrected chi connectivity index (χ2v) is 6.59. The molecule has 0 aliphatic carbocycles. The van der Waals surface area contributed by atoms with Crippen molar-refractivity contribution in [3.05, 3.63) is 59.7 Å². The summed E-state index contributed by atoms with van der Waals surface area (Å²) in [5.41, 5.74) is 5.84. The number of nitrogens with one attached hydrogen (secondary N) is 1. The third-order valence-electron chi connectivity index (χ3n) is 3.24. The van der Waals surface area contributed by atoms with E-state index in [9.17, 15) is 18.0 Å². The fraction of sp³-hybridized carbons (Fsp3) is 0.125. The van der Waals surface area contributed by atoms with Gasteiger partial charge >= 0.3 is 0 Å². The van der Waals surface area contributed by atoms with Gasteiger partial charge in [-0.15, -0.1) is 0 Å². The molecule has 0 spiro atoms. The van der Waals surface area contributed by atoms with Gasteiger partial charge in [0.05, 0.1) is 18.4 Å². The van der Waals surface area contributed by atoms with Crippen LogP contribution in [-0.2, 0) is 21.2 Å². The number of carbonyl (C=O) groups excluding carboxylic acids is 2. The molecule has 0 saturated carbocycles. The molecule has 2 aromatic rings. The minimum atomic E-state index is -4.03. The van der Waals surface area contributed by atoms with Gasteiger partial charge in [-0.2, -0.15) is 0 Å². The summed E-state index contributed by atoms with van der Waals surface area (Å²) in [7, 11) is -2.57. The maximum Gasteiger partial charge on any atom is 0.264 e. The average molecular weight is 348 g/mol. The highest BCUT2D eigenvalue weighted by Gasteiger charge is 2.19. The van der Waals surface area contributed by atoms with Crippen LogP contribution in [-0.4, -0.2) is 27.3 Å². The van der Waals surface area contributed by atoms with Crippen molar-refractivity contribution in [2.45, 2.75) is 11.3 Å². The van der Waals surface area contributed by atoms with E-state index in [0.29, 0.717) is 11.3 Å². The van der Waals surface area contributed by atoms with Gasteiger partial charge in [-0.25, -0.2) is 13.1 Å². The number of sulfonamides is 1. The number of amides is 2. The molecule has 2 rings (SSSR count). The molecule has 126 valence electrons. The first-order valence-electron chi connectivity index (χ1n) is 6.91. The molecule has 24 heavy (non-hydrogen) atoms. The van der Waals surface area contributed by atoms with Crippen LogP contribution in [0, 0.1) is 0 Å². The number of hydrogen-bond acceptors (Lipinski definition) is 5. The summed E-state index contributed by atoms with van der Waals surface area (Å²) in [6.45, 7) is 0. The number of primary amides is 1. The summed E-state index contributed by atoms with van der Waals surface area (Å²) in [6.07, 6.45) is -0.150. The van der Waals surface area contributed by atoms with Gasteiger partial charge in [0.15, 0.2) is 0 Å². The molecule has 0 aliphatic rings. The Labute approximate surface area is 139 Å². The summed E-state index contributed by atoms with van der Waals surface area (Å²) in [5.74, 6) is -0.867. The second-order valence-electron chi connectivity index (χ2n) is 4.91. The Kier molecular flexibility index (Phi) is 5.20. The van der Waals surface area contributed by atoms with Crippen molar-refractivity contribution in [3.63, 3.8) is 0 Å². The zero-order valence-corrected chi connectivity index (χ0v) is 13.7. The predicted octanol–water partition coefficient (Wildman–Crippen LogP) is 0.842. The van der Waals surface area contributed by atoms with Gasteiger partial charge in [0, 0.05) is 11.1 Å². The molecular formula is C16H16N2O5S. The molecule has 0 aromatic heterocycles. The lowest BCUT2D eigenvalue weighted by Crippen LogP contribution is -2.32. The van der Waals surface area contributed by atoms with Crippen LogP contribution in [0.4, 0.5) is 0 Å². The van der Waals surface area contributed by atoms with Crippen LogP contribution >= 0.6 is 0 Å². The van der Waals surface area contributed by atoms with Crippen LogP contribution in [0.2, 0.25) is 0 Å². The molecule has 2 amide bonds. The first-order chi connectivity index (χ1) is 11.3. The molecule has 2 aromatic carbocycles. The highest BCUT2D eigenvalue weighted by atomic mass is 32.2. The normalized spacial score (nSPS) is 10.9. The van der Waals surface area contributed by atoms with Crippen molar-refractivity contribution in [3.8, 4) is 5.75 Å². The number of nitrogens with two attached hydrogens (primary N) is 1. The van der Waals surface area contributed by atoms with E-state index in [1.54, 1.807) is 24.3 Å². The summed E-state index contributed by atoms with van der Waals surface area (Å²) >= 11 is 0. The Morgan fingerprint density at radius 3 is 2.29 bits per heavy atom. The third-order valence-corrected chi connectivity index (χ3v) is 4.63. The molecule has 0 atom stereocenters. The molecule has 0 heterocycles. The van der Waals surface area contributed by atoms with Gasteiger partial charge in [-0.1, -0.05) is 18.2 Å². The van der Waals surface area contributed by atoms with Crippen LogP contribution in [0.3, 0.4) is 0 Å². The Morgan fingerprint density at radius 1 is 1.08 bits per heavy atom. The topological polar surface area (TPSA) is 116 Å². The van der Waals surface area contributed by atoms with E-state index in [1.165, 1.54) is 31.4 Å². The van der Waals surface area contributed by atoms with Gasteiger partial charge < -0.3 is 10.5 Å². The van der Waals surface area contributed by atoms with Gasteiger partial charge in [-0.05, 0) is 30.3 Å². The fourth-order valence-electron chi connectivity index (χ4n) is 2.07. The number of ether oxygens (including phenoxy) is 1. The zero-order chi connectivity index (χ0) is 17.7.